The predicted molar refractivity (Wildman–Crippen MR) is 164 cm³/mol. The Kier molecular flexibility index (Phi) is 26.5. The van der Waals surface area contributed by atoms with E-state index in [1.165, 1.54) is 0 Å². The molecular formula is C32H52O12. The van der Waals surface area contributed by atoms with Crippen molar-refractivity contribution in [2.24, 2.45) is 0 Å². The summed E-state index contributed by atoms with van der Waals surface area (Å²) >= 11 is 0. The fourth-order valence-corrected chi connectivity index (χ4v) is 3.01. The third kappa shape index (κ3) is 25.2. The molecule has 0 amide bonds. The number of carbonyl (C=O) groups excluding carboxylic acids is 4. The van der Waals surface area contributed by atoms with Crippen LogP contribution in [0, 0.1) is 0 Å². The number of esters is 4. The highest BCUT2D eigenvalue weighted by Crippen LogP contribution is 2.15. The van der Waals surface area contributed by atoms with Gasteiger partial charge in [0.15, 0.2) is 12.6 Å². The summed E-state index contributed by atoms with van der Waals surface area (Å²) in [6.07, 6.45) is 6.47. The van der Waals surface area contributed by atoms with Gasteiger partial charge in [0.2, 0.25) is 12.6 Å². The van der Waals surface area contributed by atoms with Gasteiger partial charge < -0.3 is 37.9 Å². The summed E-state index contributed by atoms with van der Waals surface area (Å²) in [4.78, 5) is 43.0. The minimum atomic E-state index is -0.482. The number of ether oxygens (including phenoxy) is 8. The standard InChI is InChI=1S/C9H14O3.C8H12O3.C8H14O3.C7H12O3/c1-7(2)9(10)12-8-5-3-4-6-11-8;1-2-7(9)11-8-5-3-4-6-10-8;1-5-10-7(4)11-8(9)6(2)3;1-4-7(8)10-6(3)9-5-2/h8H,1,3-6H2,2H3;2,8H,1,3-6H2;7H,2,5H2,1,3-4H3;4,6H,1,5H2,2-3H3. The second-order valence-electron chi connectivity index (χ2n) is 9.29. The number of rotatable bonds is 12. The third-order valence-electron chi connectivity index (χ3n) is 5.15. The summed E-state index contributed by atoms with van der Waals surface area (Å²) in [6.45, 7) is 26.1. The number of hydrogen-bond acceptors (Lipinski definition) is 12. The molecule has 0 aliphatic carbocycles. The molecule has 0 aromatic carbocycles. The van der Waals surface area contributed by atoms with E-state index in [2.05, 4.69) is 31.1 Å². The second kappa shape index (κ2) is 27.2. The largest absolute Gasteiger partial charge is 0.433 e. The highest BCUT2D eigenvalue weighted by Gasteiger charge is 2.18. The molecular weight excluding hydrogens is 576 g/mol. The normalized spacial score (nSPS) is 18.2. The summed E-state index contributed by atoms with van der Waals surface area (Å²) in [6, 6.07) is 0. The Morgan fingerprint density at radius 1 is 0.705 bits per heavy atom. The van der Waals surface area contributed by atoms with E-state index >= 15 is 0 Å². The summed E-state index contributed by atoms with van der Waals surface area (Å²) < 4.78 is 39.6. The van der Waals surface area contributed by atoms with Crippen LogP contribution in [0.2, 0.25) is 0 Å². The smallest absolute Gasteiger partial charge is 0.335 e. The lowest BCUT2D eigenvalue weighted by Crippen LogP contribution is -2.25. The zero-order valence-corrected chi connectivity index (χ0v) is 27.3. The van der Waals surface area contributed by atoms with Gasteiger partial charge in [-0.25, -0.2) is 19.2 Å². The van der Waals surface area contributed by atoms with Gasteiger partial charge in [0.05, 0.1) is 13.2 Å². The van der Waals surface area contributed by atoms with Crippen LogP contribution in [0.15, 0.2) is 49.6 Å². The van der Waals surface area contributed by atoms with Crippen molar-refractivity contribution in [1.82, 2.24) is 0 Å². The zero-order chi connectivity index (χ0) is 33.9. The molecule has 0 N–H and O–H groups in total. The lowest BCUT2D eigenvalue weighted by atomic mass is 10.2. The molecule has 0 radical (unpaired) electrons. The average molecular weight is 629 g/mol. The highest BCUT2D eigenvalue weighted by atomic mass is 16.7. The van der Waals surface area contributed by atoms with Crippen LogP contribution in [0.4, 0.5) is 0 Å². The molecule has 2 aliphatic rings. The lowest BCUT2D eigenvalue weighted by molar-refractivity contribution is -0.182. The van der Waals surface area contributed by atoms with Gasteiger partial charge in [-0.15, -0.1) is 0 Å². The first kappa shape index (κ1) is 42.8. The Balaban J connectivity index is 0. The Hall–Kier alpha value is -3.32. The molecule has 0 saturated carbocycles. The minimum Gasteiger partial charge on any atom is -0.433 e. The van der Waals surface area contributed by atoms with Crippen molar-refractivity contribution in [3.05, 3.63) is 49.6 Å². The van der Waals surface area contributed by atoms with Crippen LogP contribution in [0.5, 0.6) is 0 Å². The van der Waals surface area contributed by atoms with Crippen LogP contribution in [0.3, 0.4) is 0 Å². The summed E-state index contributed by atoms with van der Waals surface area (Å²) in [5.41, 5.74) is 0.806. The first-order valence-corrected chi connectivity index (χ1v) is 14.7. The van der Waals surface area contributed by atoms with Gasteiger partial charge in [0.1, 0.15) is 0 Å². The quantitative estimate of drug-likeness (QED) is 0.117. The van der Waals surface area contributed by atoms with E-state index in [-0.39, 0.29) is 18.5 Å². The van der Waals surface area contributed by atoms with E-state index in [1.54, 1.807) is 27.7 Å². The third-order valence-corrected chi connectivity index (χ3v) is 5.15. The van der Waals surface area contributed by atoms with Crippen molar-refractivity contribution in [2.75, 3.05) is 26.4 Å². The minimum absolute atomic E-state index is 0.339. The van der Waals surface area contributed by atoms with Crippen LogP contribution >= 0.6 is 0 Å². The van der Waals surface area contributed by atoms with Crippen LogP contribution in [-0.4, -0.2) is 75.5 Å². The van der Waals surface area contributed by atoms with Gasteiger partial charge in [0.25, 0.3) is 0 Å². The first-order chi connectivity index (χ1) is 20.8. The molecule has 2 aliphatic heterocycles. The van der Waals surface area contributed by atoms with Gasteiger partial charge in [-0.2, -0.15) is 0 Å². The van der Waals surface area contributed by atoms with E-state index in [0.717, 1.165) is 50.7 Å². The Labute approximate surface area is 262 Å². The van der Waals surface area contributed by atoms with E-state index < -0.39 is 30.5 Å². The topological polar surface area (TPSA) is 142 Å². The Morgan fingerprint density at radius 2 is 1.14 bits per heavy atom. The fourth-order valence-electron chi connectivity index (χ4n) is 3.01. The summed E-state index contributed by atoms with van der Waals surface area (Å²) in [7, 11) is 0. The van der Waals surface area contributed by atoms with Gasteiger partial charge in [0, 0.05) is 49.4 Å². The van der Waals surface area contributed by atoms with Crippen LogP contribution in [-0.2, 0) is 57.1 Å². The van der Waals surface area contributed by atoms with Crippen LogP contribution in [0.1, 0.15) is 80.1 Å². The molecule has 0 aromatic heterocycles. The van der Waals surface area contributed by atoms with Crippen LogP contribution < -0.4 is 0 Å². The molecule has 4 atom stereocenters. The molecule has 0 bridgehead atoms. The maximum atomic E-state index is 11.0. The number of hydrogen-bond donors (Lipinski definition) is 0. The van der Waals surface area contributed by atoms with Crippen molar-refractivity contribution in [3.8, 4) is 0 Å². The number of carbonyl (C=O) groups is 4. The van der Waals surface area contributed by atoms with Gasteiger partial charge in [-0.05, 0) is 67.2 Å². The molecule has 2 rings (SSSR count). The predicted octanol–water partition coefficient (Wildman–Crippen LogP) is 5.46. The molecule has 2 fully saturated rings. The van der Waals surface area contributed by atoms with Gasteiger partial charge >= 0.3 is 23.9 Å². The molecule has 0 spiro atoms. The molecule has 0 aromatic rings. The Morgan fingerprint density at radius 3 is 1.50 bits per heavy atom. The van der Waals surface area contributed by atoms with Crippen molar-refractivity contribution in [2.45, 2.75) is 105 Å². The van der Waals surface area contributed by atoms with Gasteiger partial charge in [-0.3, -0.25) is 0 Å². The average Bonchev–Trinajstić information content (AvgIpc) is 2.99. The molecule has 12 heteroatoms. The van der Waals surface area contributed by atoms with E-state index in [0.29, 0.717) is 37.6 Å². The molecule has 4 unspecified atom stereocenters. The molecule has 2 saturated heterocycles. The second-order valence-corrected chi connectivity index (χ2v) is 9.29. The van der Waals surface area contributed by atoms with Crippen LogP contribution in [0.25, 0.3) is 0 Å². The molecule has 44 heavy (non-hydrogen) atoms. The molecule has 252 valence electrons. The lowest BCUT2D eigenvalue weighted by Gasteiger charge is -2.22. The highest BCUT2D eigenvalue weighted by molar-refractivity contribution is 5.87. The van der Waals surface area contributed by atoms with Crippen molar-refractivity contribution < 1.29 is 57.1 Å². The van der Waals surface area contributed by atoms with E-state index in [1.807, 2.05) is 13.8 Å². The van der Waals surface area contributed by atoms with Gasteiger partial charge in [-0.1, -0.05) is 26.3 Å². The first-order valence-electron chi connectivity index (χ1n) is 14.7. The molecule has 12 nitrogen and oxygen atoms in total. The SMILES string of the molecule is C=C(C)C(=O)OC(C)OCC.C=C(C)C(=O)OC1CCCCO1.C=CC(=O)OC(C)OCC.C=CC(=O)OC1CCCCO1. The maximum Gasteiger partial charge on any atom is 0.335 e. The summed E-state index contributed by atoms with van der Waals surface area (Å²) in [5, 5.41) is 0. The monoisotopic (exact) mass is 628 g/mol. The van der Waals surface area contributed by atoms with Crippen molar-refractivity contribution in [1.29, 1.82) is 0 Å². The van der Waals surface area contributed by atoms with E-state index in [9.17, 15) is 19.2 Å². The van der Waals surface area contributed by atoms with Crippen molar-refractivity contribution in [3.63, 3.8) is 0 Å². The fraction of sp³-hybridized carbons (Fsp3) is 0.625. The van der Waals surface area contributed by atoms with E-state index in [4.69, 9.17) is 33.2 Å². The zero-order valence-electron chi connectivity index (χ0n) is 27.3. The summed E-state index contributed by atoms with van der Waals surface area (Å²) in [5.74, 6) is -1.63. The van der Waals surface area contributed by atoms with Crippen molar-refractivity contribution >= 4 is 23.9 Å². The maximum absolute atomic E-state index is 11.0. The Bertz CT molecular complexity index is 886. The molecule has 2 heterocycles.